The average Bonchev–Trinajstić information content (AvgIpc) is 2.46. The van der Waals surface area contributed by atoms with E-state index in [1.165, 1.54) is 19.3 Å². The van der Waals surface area contributed by atoms with Gasteiger partial charge in [-0.2, -0.15) is 0 Å². The highest BCUT2D eigenvalue weighted by atomic mass is 35.5. The molecule has 5 nitrogen and oxygen atoms in total. The van der Waals surface area contributed by atoms with Crippen molar-refractivity contribution in [3.63, 3.8) is 0 Å². The number of aromatic nitrogens is 2. The van der Waals surface area contributed by atoms with Gasteiger partial charge in [0.2, 0.25) is 0 Å². The van der Waals surface area contributed by atoms with Crippen LogP contribution in [0.3, 0.4) is 0 Å². The maximum atomic E-state index is 12.6. The van der Waals surface area contributed by atoms with Crippen molar-refractivity contribution in [2.75, 3.05) is 19.6 Å². The van der Waals surface area contributed by atoms with Crippen LogP contribution in [-0.2, 0) is 0 Å². The van der Waals surface area contributed by atoms with Crippen LogP contribution in [0.4, 0.5) is 0 Å². The lowest BCUT2D eigenvalue weighted by Gasteiger charge is -2.47. The molecule has 3 rings (SSSR count). The molecule has 0 bridgehead atoms. The minimum absolute atomic E-state index is 0.0353. The molecule has 20 heavy (non-hydrogen) atoms. The molecule has 2 aliphatic rings. The molecule has 3 heterocycles. The molecule has 0 aliphatic carbocycles. The zero-order valence-electron chi connectivity index (χ0n) is 11.6. The molecule has 2 unspecified atom stereocenters. The number of piperidine rings is 1. The van der Waals surface area contributed by atoms with E-state index in [1.807, 2.05) is 4.90 Å². The number of hydrogen-bond donors (Lipinski definition) is 0. The van der Waals surface area contributed by atoms with Crippen molar-refractivity contribution in [2.24, 2.45) is 0 Å². The van der Waals surface area contributed by atoms with Gasteiger partial charge in [-0.15, -0.1) is 10.2 Å². The highest BCUT2D eigenvalue weighted by Crippen LogP contribution is 2.24. The summed E-state index contributed by atoms with van der Waals surface area (Å²) in [6.45, 7) is 5.02. The van der Waals surface area contributed by atoms with E-state index in [0.717, 1.165) is 19.6 Å². The Hall–Kier alpha value is -1.20. The zero-order valence-corrected chi connectivity index (χ0v) is 12.4. The first-order chi connectivity index (χ1) is 9.65. The highest BCUT2D eigenvalue weighted by molar-refractivity contribution is 6.29. The first kappa shape index (κ1) is 13.8. The second kappa shape index (κ2) is 5.66. The number of amides is 1. The first-order valence-corrected chi connectivity index (χ1v) is 7.57. The smallest absolute Gasteiger partial charge is 0.274 e. The van der Waals surface area contributed by atoms with Crippen LogP contribution in [-0.4, -0.2) is 57.6 Å². The topological polar surface area (TPSA) is 49.3 Å². The van der Waals surface area contributed by atoms with E-state index >= 15 is 0 Å². The number of rotatable bonds is 1. The average molecular weight is 295 g/mol. The second-order valence-electron chi connectivity index (χ2n) is 5.69. The van der Waals surface area contributed by atoms with Gasteiger partial charge in [0.05, 0.1) is 0 Å². The van der Waals surface area contributed by atoms with Gasteiger partial charge in [0.15, 0.2) is 10.8 Å². The number of nitrogens with zero attached hydrogens (tertiary/aromatic N) is 4. The van der Waals surface area contributed by atoms with Crippen LogP contribution in [0.1, 0.15) is 36.7 Å². The van der Waals surface area contributed by atoms with Crippen LogP contribution >= 0.6 is 11.6 Å². The molecule has 6 heteroatoms. The van der Waals surface area contributed by atoms with Gasteiger partial charge in [0.1, 0.15) is 0 Å². The van der Waals surface area contributed by atoms with Gasteiger partial charge < -0.3 is 4.90 Å². The SMILES string of the molecule is CC1CN2CCCCC2CN1C(=O)c1ccc(Cl)nn1. The summed E-state index contributed by atoms with van der Waals surface area (Å²) in [6, 6.07) is 3.99. The van der Waals surface area contributed by atoms with Crippen LogP contribution in [0.15, 0.2) is 12.1 Å². The quantitative estimate of drug-likeness (QED) is 0.793. The van der Waals surface area contributed by atoms with Gasteiger partial charge in [0, 0.05) is 25.2 Å². The Balaban J connectivity index is 1.75. The van der Waals surface area contributed by atoms with Crippen LogP contribution < -0.4 is 0 Å². The third kappa shape index (κ3) is 2.65. The summed E-state index contributed by atoms with van der Waals surface area (Å²) in [5.74, 6) is -0.0353. The second-order valence-corrected chi connectivity index (χ2v) is 6.08. The van der Waals surface area contributed by atoms with Crippen molar-refractivity contribution in [1.29, 1.82) is 0 Å². The molecule has 2 atom stereocenters. The Morgan fingerprint density at radius 3 is 2.90 bits per heavy atom. The summed E-state index contributed by atoms with van der Waals surface area (Å²) in [6.07, 6.45) is 3.72. The number of halogens is 1. The van der Waals surface area contributed by atoms with Gasteiger partial charge in [-0.25, -0.2) is 0 Å². The van der Waals surface area contributed by atoms with E-state index in [2.05, 4.69) is 22.0 Å². The monoisotopic (exact) mass is 294 g/mol. The van der Waals surface area contributed by atoms with Gasteiger partial charge in [-0.3, -0.25) is 9.69 Å². The minimum Gasteiger partial charge on any atom is -0.332 e. The predicted octanol–water partition coefficient (Wildman–Crippen LogP) is 1.83. The lowest BCUT2D eigenvalue weighted by molar-refractivity contribution is 0.0147. The van der Waals surface area contributed by atoms with Gasteiger partial charge in [-0.05, 0) is 38.4 Å². The van der Waals surface area contributed by atoms with Crippen molar-refractivity contribution >= 4 is 17.5 Å². The maximum absolute atomic E-state index is 12.6. The molecule has 0 saturated carbocycles. The molecule has 0 spiro atoms. The molecule has 0 radical (unpaired) electrons. The predicted molar refractivity (Wildman–Crippen MR) is 76.8 cm³/mol. The third-order valence-corrected chi connectivity index (χ3v) is 4.50. The van der Waals surface area contributed by atoms with Crippen molar-refractivity contribution in [1.82, 2.24) is 20.0 Å². The zero-order chi connectivity index (χ0) is 14.1. The van der Waals surface area contributed by atoms with E-state index in [0.29, 0.717) is 16.9 Å². The Kier molecular flexibility index (Phi) is 3.89. The molecule has 0 aromatic carbocycles. The summed E-state index contributed by atoms with van der Waals surface area (Å²) in [5, 5.41) is 7.98. The third-order valence-electron chi connectivity index (χ3n) is 4.30. The molecule has 1 aromatic heterocycles. The minimum atomic E-state index is -0.0353. The Labute approximate surface area is 123 Å². The molecule has 2 aliphatic heterocycles. The standard InChI is InChI=1S/C14H19ClN4O/c1-10-8-18-7-3-2-4-11(18)9-19(10)14(20)12-5-6-13(15)17-16-12/h5-6,10-11H,2-4,7-9H2,1H3. The normalized spacial score (nSPS) is 27.2. The van der Waals surface area contributed by atoms with E-state index in [9.17, 15) is 4.79 Å². The summed E-state index contributed by atoms with van der Waals surface area (Å²) in [7, 11) is 0. The summed E-state index contributed by atoms with van der Waals surface area (Å²) >= 11 is 5.72. The van der Waals surface area contributed by atoms with E-state index in [4.69, 9.17) is 11.6 Å². The Morgan fingerprint density at radius 1 is 1.30 bits per heavy atom. The molecule has 0 N–H and O–H groups in total. The maximum Gasteiger partial charge on any atom is 0.274 e. The highest BCUT2D eigenvalue weighted by Gasteiger charge is 2.35. The molecule has 108 valence electrons. The van der Waals surface area contributed by atoms with E-state index in [1.54, 1.807) is 12.1 Å². The molecule has 1 amide bonds. The first-order valence-electron chi connectivity index (χ1n) is 7.19. The molecular formula is C14H19ClN4O. The van der Waals surface area contributed by atoms with Crippen molar-refractivity contribution in [3.8, 4) is 0 Å². The van der Waals surface area contributed by atoms with Crippen LogP contribution in [0.5, 0.6) is 0 Å². The largest absolute Gasteiger partial charge is 0.332 e. The van der Waals surface area contributed by atoms with Gasteiger partial charge >= 0.3 is 0 Å². The fourth-order valence-electron chi connectivity index (χ4n) is 3.21. The number of hydrogen-bond acceptors (Lipinski definition) is 4. The van der Waals surface area contributed by atoms with Crippen LogP contribution in [0, 0.1) is 0 Å². The van der Waals surface area contributed by atoms with Crippen molar-refractivity contribution in [2.45, 2.75) is 38.3 Å². The lowest BCUT2D eigenvalue weighted by atomic mass is 9.97. The number of carbonyl (C=O) groups is 1. The molecule has 1 aromatic rings. The van der Waals surface area contributed by atoms with Gasteiger partial charge in [0.25, 0.3) is 5.91 Å². The molecule has 2 saturated heterocycles. The molecular weight excluding hydrogens is 276 g/mol. The molecule has 2 fully saturated rings. The van der Waals surface area contributed by atoms with E-state index in [-0.39, 0.29) is 11.9 Å². The van der Waals surface area contributed by atoms with E-state index < -0.39 is 0 Å². The van der Waals surface area contributed by atoms with Crippen LogP contribution in [0.2, 0.25) is 5.15 Å². The Bertz CT molecular complexity index is 492. The summed E-state index contributed by atoms with van der Waals surface area (Å²) in [5.41, 5.74) is 0.380. The fourth-order valence-corrected chi connectivity index (χ4v) is 3.31. The Morgan fingerprint density at radius 2 is 2.15 bits per heavy atom. The summed E-state index contributed by atoms with van der Waals surface area (Å²) < 4.78 is 0. The van der Waals surface area contributed by atoms with Gasteiger partial charge in [-0.1, -0.05) is 18.0 Å². The lowest BCUT2D eigenvalue weighted by Crippen LogP contribution is -2.60. The fraction of sp³-hybridized carbons (Fsp3) is 0.643. The summed E-state index contributed by atoms with van der Waals surface area (Å²) in [4.78, 5) is 17.0. The number of fused-ring (bicyclic) bond motifs is 1. The van der Waals surface area contributed by atoms with Crippen LogP contribution in [0.25, 0.3) is 0 Å². The van der Waals surface area contributed by atoms with Crippen molar-refractivity contribution < 1.29 is 4.79 Å². The number of carbonyl (C=O) groups excluding carboxylic acids is 1. The van der Waals surface area contributed by atoms with Crippen molar-refractivity contribution in [3.05, 3.63) is 23.0 Å². The number of piperazine rings is 1.